The summed E-state index contributed by atoms with van der Waals surface area (Å²) in [4.78, 5) is 48.2. The summed E-state index contributed by atoms with van der Waals surface area (Å²) in [6, 6.07) is 4.89. The predicted molar refractivity (Wildman–Crippen MR) is 153 cm³/mol. The number of nitrogens with one attached hydrogen (secondary N) is 1. The fraction of sp³-hybridized carbons (Fsp3) is 0.600. The summed E-state index contributed by atoms with van der Waals surface area (Å²) in [6.45, 7) is 9.61. The summed E-state index contributed by atoms with van der Waals surface area (Å²) in [6.07, 6.45) is 2.82. The Morgan fingerprint density at radius 2 is 2.05 bits per heavy atom. The van der Waals surface area contributed by atoms with E-state index in [1.807, 2.05) is 13.8 Å². The summed E-state index contributed by atoms with van der Waals surface area (Å²) in [5.41, 5.74) is 4.47. The molecule has 2 aromatic rings. The number of anilines is 1. The Morgan fingerprint density at radius 3 is 2.80 bits per heavy atom. The number of ether oxygens (including phenoxy) is 2. The Hall–Kier alpha value is -3.14. The van der Waals surface area contributed by atoms with Crippen LogP contribution in [-0.2, 0) is 44.0 Å². The summed E-state index contributed by atoms with van der Waals surface area (Å²) in [7, 11) is 1.32. The molecule has 40 heavy (non-hydrogen) atoms. The van der Waals surface area contributed by atoms with Gasteiger partial charge in [-0.25, -0.2) is 14.6 Å². The maximum absolute atomic E-state index is 14.0. The standard InChI is InChI=1S/C30H40N4O5S/c1-6-18(2)25-26(35)34-15-21(13-23(34)27(36)38-5)39-29(37)33-14-20-10-7-9-19(22(20)16-33)11-8-12-30(3,4)24-17-40-28(31-24)32-25/h7,9-10,17-18,21,23,25H,6,8,11-16H2,1-5H3,(H,31,32)/t18-,21+,23-,25-/m0/s1. The molecule has 3 aliphatic heterocycles. The second kappa shape index (κ2) is 11.4. The van der Waals surface area contributed by atoms with Crippen LogP contribution in [0.1, 0.15) is 75.8 Å². The number of benzene rings is 1. The lowest BCUT2D eigenvalue weighted by Gasteiger charge is -2.30. The van der Waals surface area contributed by atoms with Crippen LogP contribution in [0.5, 0.6) is 0 Å². The van der Waals surface area contributed by atoms with Crippen LogP contribution in [0.15, 0.2) is 23.6 Å². The average Bonchev–Trinajstić information content (AvgIpc) is 3.69. The van der Waals surface area contributed by atoms with E-state index in [0.717, 1.165) is 36.9 Å². The van der Waals surface area contributed by atoms with E-state index in [4.69, 9.17) is 14.5 Å². The molecule has 1 aromatic heterocycles. The normalized spacial score (nSPS) is 25.4. The van der Waals surface area contributed by atoms with Gasteiger partial charge in [-0.05, 0) is 41.9 Å². The highest BCUT2D eigenvalue weighted by Crippen LogP contribution is 2.35. The van der Waals surface area contributed by atoms with E-state index in [2.05, 4.69) is 42.7 Å². The maximum atomic E-state index is 14.0. The van der Waals surface area contributed by atoms with Crippen LogP contribution in [0.25, 0.3) is 0 Å². The number of carbonyl (C=O) groups excluding carboxylic acids is 3. The number of aromatic nitrogens is 1. The molecule has 1 aromatic carbocycles. The number of esters is 1. The largest absolute Gasteiger partial charge is 0.467 e. The molecule has 2 amide bonds. The van der Waals surface area contributed by atoms with Gasteiger partial charge in [-0.2, -0.15) is 0 Å². The minimum absolute atomic E-state index is 0.0156. The molecule has 0 saturated carbocycles. The van der Waals surface area contributed by atoms with Crippen molar-refractivity contribution in [2.75, 3.05) is 19.0 Å². The molecule has 1 N–H and O–H groups in total. The molecule has 6 bridgehead atoms. The maximum Gasteiger partial charge on any atom is 0.410 e. The third-order valence-corrected chi connectivity index (χ3v) is 9.60. The highest BCUT2D eigenvalue weighted by molar-refractivity contribution is 7.13. The lowest BCUT2D eigenvalue weighted by atomic mass is 9.83. The van der Waals surface area contributed by atoms with Crippen LogP contribution in [0.4, 0.5) is 9.93 Å². The van der Waals surface area contributed by atoms with Gasteiger partial charge >= 0.3 is 12.1 Å². The first kappa shape index (κ1) is 28.4. The van der Waals surface area contributed by atoms with Crippen molar-refractivity contribution >= 4 is 34.4 Å². The van der Waals surface area contributed by atoms with Crippen LogP contribution >= 0.6 is 11.3 Å². The number of rotatable bonds is 3. The van der Waals surface area contributed by atoms with E-state index in [-0.39, 0.29) is 30.2 Å². The number of methoxy groups -OCH3 is 1. The van der Waals surface area contributed by atoms with E-state index in [9.17, 15) is 14.4 Å². The first-order valence-corrected chi connectivity index (χ1v) is 15.1. The average molecular weight is 569 g/mol. The first-order chi connectivity index (χ1) is 19.1. The van der Waals surface area contributed by atoms with Crippen LogP contribution in [0.3, 0.4) is 0 Å². The van der Waals surface area contributed by atoms with Gasteiger partial charge in [-0.3, -0.25) is 9.69 Å². The SMILES string of the molecule is CC[C@H](C)[C@@H]1Nc2nc(cs2)C(C)(C)CCCc2cccc3c2CN(C3)C(=O)O[C@@H]2C[C@@H](C(=O)OC)N(C2)C1=O. The molecule has 4 heterocycles. The molecule has 10 heteroatoms. The zero-order valence-electron chi connectivity index (χ0n) is 24.1. The lowest BCUT2D eigenvalue weighted by Crippen LogP contribution is -2.50. The minimum atomic E-state index is -0.817. The van der Waals surface area contributed by atoms with Crippen LogP contribution in [0, 0.1) is 5.92 Å². The predicted octanol–water partition coefficient (Wildman–Crippen LogP) is 4.88. The molecule has 1 fully saturated rings. The lowest BCUT2D eigenvalue weighted by molar-refractivity contribution is -0.151. The van der Waals surface area contributed by atoms with Gasteiger partial charge in [0.1, 0.15) is 18.2 Å². The Bertz CT molecular complexity index is 1280. The second-order valence-electron chi connectivity index (χ2n) is 12.0. The molecule has 0 unspecified atom stereocenters. The molecule has 3 aliphatic rings. The molecular formula is C30H40N4O5S. The smallest absolute Gasteiger partial charge is 0.410 e. The van der Waals surface area contributed by atoms with Crippen LogP contribution in [0.2, 0.25) is 0 Å². The van der Waals surface area contributed by atoms with E-state index in [1.54, 1.807) is 4.90 Å². The Kier molecular flexibility index (Phi) is 8.08. The zero-order chi connectivity index (χ0) is 28.6. The third kappa shape index (κ3) is 5.55. The van der Waals surface area contributed by atoms with Gasteiger partial charge in [-0.15, -0.1) is 11.3 Å². The number of amides is 2. The molecule has 9 nitrogen and oxygen atoms in total. The van der Waals surface area contributed by atoms with Crippen molar-refractivity contribution in [1.29, 1.82) is 0 Å². The fourth-order valence-corrected chi connectivity index (χ4v) is 6.99. The monoisotopic (exact) mass is 568 g/mol. The molecule has 0 spiro atoms. The quantitative estimate of drug-likeness (QED) is 0.527. The van der Waals surface area contributed by atoms with Crippen molar-refractivity contribution in [1.82, 2.24) is 14.8 Å². The molecule has 4 atom stereocenters. The van der Waals surface area contributed by atoms with E-state index in [0.29, 0.717) is 18.2 Å². The molecule has 1 saturated heterocycles. The van der Waals surface area contributed by atoms with Crippen molar-refractivity contribution in [3.63, 3.8) is 0 Å². The number of thiazole rings is 1. The number of nitrogens with zero attached hydrogens (tertiary/aromatic N) is 3. The Balaban J connectivity index is 1.49. The van der Waals surface area contributed by atoms with Gasteiger partial charge in [-0.1, -0.05) is 52.3 Å². The van der Waals surface area contributed by atoms with Gasteiger partial charge in [0.25, 0.3) is 0 Å². The summed E-state index contributed by atoms with van der Waals surface area (Å²) in [5.74, 6) is -0.734. The van der Waals surface area contributed by atoms with Gasteiger partial charge in [0.2, 0.25) is 5.91 Å². The summed E-state index contributed by atoms with van der Waals surface area (Å²) in [5, 5.41) is 6.17. The van der Waals surface area contributed by atoms with Gasteiger partial charge in [0.05, 0.1) is 19.3 Å². The highest BCUT2D eigenvalue weighted by atomic mass is 32.1. The van der Waals surface area contributed by atoms with Crippen molar-refractivity contribution in [2.24, 2.45) is 5.92 Å². The van der Waals surface area contributed by atoms with E-state index >= 15 is 0 Å². The number of hydrogen-bond acceptors (Lipinski definition) is 8. The van der Waals surface area contributed by atoms with E-state index < -0.39 is 30.3 Å². The molecule has 216 valence electrons. The van der Waals surface area contributed by atoms with Crippen molar-refractivity contribution in [3.8, 4) is 0 Å². The zero-order valence-corrected chi connectivity index (χ0v) is 24.9. The molecule has 5 rings (SSSR count). The minimum Gasteiger partial charge on any atom is -0.467 e. The number of carbonyl (C=O) groups is 3. The van der Waals surface area contributed by atoms with Crippen molar-refractivity contribution in [2.45, 2.75) is 96.5 Å². The fourth-order valence-electron chi connectivity index (χ4n) is 6.05. The van der Waals surface area contributed by atoms with Crippen LogP contribution in [-0.4, -0.2) is 64.6 Å². The van der Waals surface area contributed by atoms with Crippen LogP contribution < -0.4 is 5.32 Å². The molecule has 0 aliphatic carbocycles. The van der Waals surface area contributed by atoms with Gasteiger partial charge in [0.15, 0.2) is 5.13 Å². The molecular weight excluding hydrogens is 528 g/mol. The van der Waals surface area contributed by atoms with E-state index in [1.165, 1.54) is 34.5 Å². The molecule has 0 radical (unpaired) electrons. The Labute approximate surface area is 240 Å². The number of aryl methyl sites for hydroxylation is 1. The van der Waals surface area contributed by atoms with Gasteiger partial charge in [0, 0.05) is 30.3 Å². The van der Waals surface area contributed by atoms with Gasteiger partial charge < -0.3 is 19.7 Å². The first-order valence-electron chi connectivity index (χ1n) is 14.3. The summed E-state index contributed by atoms with van der Waals surface area (Å²) < 4.78 is 11.0. The van der Waals surface area contributed by atoms with Crippen molar-refractivity contribution in [3.05, 3.63) is 46.0 Å². The third-order valence-electron chi connectivity index (χ3n) is 8.83. The topological polar surface area (TPSA) is 101 Å². The Morgan fingerprint density at radius 1 is 1.27 bits per heavy atom. The number of hydrogen-bond donors (Lipinski definition) is 1. The van der Waals surface area contributed by atoms with Crippen molar-refractivity contribution < 1.29 is 23.9 Å². The number of fused-ring (bicyclic) bond motifs is 5. The second-order valence-corrected chi connectivity index (χ2v) is 12.8. The summed E-state index contributed by atoms with van der Waals surface area (Å²) >= 11 is 1.50. The highest BCUT2D eigenvalue weighted by Gasteiger charge is 2.45.